The molecular formula is C11H8BrN3O. The Kier molecular flexibility index (Phi) is 4.38. The second kappa shape index (κ2) is 5.79. The highest BCUT2D eigenvalue weighted by Gasteiger charge is 2.00. The maximum Gasteiger partial charge on any atom is 0.145 e. The number of methoxy groups -OCH3 is 1. The van der Waals surface area contributed by atoms with E-state index in [0.29, 0.717) is 0 Å². The van der Waals surface area contributed by atoms with Crippen molar-refractivity contribution in [2.75, 3.05) is 12.4 Å². The number of nitriles is 2. The van der Waals surface area contributed by atoms with Gasteiger partial charge in [-0.25, -0.2) is 0 Å². The normalized spacial score (nSPS) is 8.50. The van der Waals surface area contributed by atoms with Crippen LogP contribution < -0.4 is 10.1 Å². The predicted molar refractivity (Wildman–Crippen MR) is 63.6 cm³/mol. The molecule has 0 atom stereocenters. The van der Waals surface area contributed by atoms with Crippen LogP contribution in [0, 0.1) is 22.7 Å². The van der Waals surface area contributed by atoms with E-state index in [2.05, 4.69) is 21.2 Å². The summed E-state index contributed by atoms with van der Waals surface area (Å²) in [7, 11) is 1.58. The zero-order valence-corrected chi connectivity index (χ0v) is 10.1. The van der Waals surface area contributed by atoms with Gasteiger partial charge in [0, 0.05) is 10.7 Å². The highest BCUT2D eigenvalue weighted by molar-refractivity contribution is 9.10. The number of allylic oxidation sites excluding steroid dienone is 1. The molecule has 0 fully saturated rings. The number of anilines is 1. The minimum atomic E-state index is 0.0164. The van der Waals surface area contributed by atoms with E-state index in [1.165, 1.54) is 6.20 Å². The number of hydrogen-bond donors (Lipinski definition) is 1. The highest BCUT2D eigenvalue weighted by Crippen LogP contribution is 2.27. The third-order valence-corrected chi connectivity index (χ3v) is 2.45. The van der Waals surface area contributed by atoms with Crippen molar-refractivity contribution in [3.8, 4) is 17.9 Å². The molecule has 0 bridgehead atoms. The van der Waals surface area contributed by atoms with Gasteiger partial charge in [0.1, 0.15) is 23.5 Å². The molecular weight excluding hydrogens is 270 g/mol. The highest BCUT2D eigenvalue weighted by atomic mass is 79.9. The van der Waals surface area contributed by atoms with Crippen molar-refractivity contribution in [2.45, 2.75) is 0 Å². The molecule has 80 valence electrons. The van der Waals surface area contributed by atoms with Crippen molar-refractivity contribution >= 4 is 21.6 Å². The Morgan fingerprint density at radius 2 is 2.12 bits per heavy atom. The molecule has 0 aromatic heterocycles. The maximum atomic E-state index is 8.54. The predicted octanol–water partition coefficient (Wildman–Crippen LogP) is 2.80. The monoisotopic (exact) mass is 277 g/mol. The molecule has 0 saturated carbocycles. The van der Waals surface area contributed by atoms with Gasteiger partial charge < -0.3 is 10.1 Å². The maximum absolute atomic E-state index is 8.54. The summed E-state index contributed by atoms with van der Waals surface area (Å²) in [5, 5.41) is 19.9. The Balaban J connectivity index is 2.88. The lowest BCUT2D eigenvalue weighted by Gasteiger charge is -2.06. The first kappa shape index (κ1) is 12.1. The van der Waals surface area contributed by atoms with Crippen LogP contribution in [0.1, 0.15) is 0 Å². The number of rotatable bonds is 3. The summed E-state index contributed by atoms with van der Waals surface area (Å²) in [5.41, 5.74) is 0.770. The van der Waals surface area contributed by atoms with E-state index >= 15 is 0 Å². The van der Waals surface area contributed by atoms with Crippen LogP contribution in [0.15, 0.2) is 34.4 Å². The Morgan fingerprint density at radius 1 is 1.44 bits per heavy atom. The van der Waals surface area contributed by atoms with Gasteiger partial charge in [-0.15, -0.1) is 0 Å². The van der Waals surface area contributed by atoms with Gasteiger partial charge in [0.25, 0.3) is 0 Å². The minimum Gasteiger partial charge on any atom is -0.497 e. The topological polar surface area (TPSA) is 68.8 Å². The molecule has 16 heavy (non-hydrogen) atoms. The van der Waals surface area contributed by atoms with Crippen LogP contribution in [-0.2, 0) is 0 Å². The molecule has 0 aliphatic heterocycles. The van der Waals surface area contributed by atoms with Gasteiger partial charge in [-0.3, -0.25) is 0 Å². The molecule has 0 saturated heterocycles. The first-order valence-electron chi connectivity index (χ1n) is 4.31. The van der Waals surface area contributed by atoms with Gasteiger partial charge in [0.05, 0.1) is 12.8 Å². The SMILES string of the molecule is COc1ccc(NC=C(C#N)C#N)c(Br)c1. The second-order valence-electron chi connectivity index (χ2n) is 2.77. The number of nitrogens with zero attached hydrogens (tertiary/aromatic N) is 2. The number of ether oxygens (including phenoxy) is 1. The lowest BCUT2D eigenvalue weighted by molar-refractivity contribution is 0.414. The molecule has 1 N–H and O–H groups in total. The molecule has 1 aromatic rings. The van der Waals surface area contributed by atoms with Gasteiger partial charge in [0.2, 0.25) is 0 Å². The summed E-state index contributed by atoms with van der Waals surface area (Å²) < 4.78 is 5.83. The van der Waals surface area contributed by atoms with E-state index in [9.17, 15) is 0 Å². The van der Waals surface area contributed by atoms with Crippen LogP contribution in [0.4, 0.5) is 5.69 Å². The molecule has 4 nitrogen and oxygen atoms in total. The van der Waals surface area contributed by atoms with Crippen molar-refractivity contribution < 1.29 is 4.74 Å². The molecule has 5 heteroatoms. The van der Waals surface area contributed by atoms with Crippen molar-refractivity contribution in [3.63, 3.8) is 0 Å². The minimum absolute atomic E-state index is 0.0164. The number of halogens is 1. The third kappa shape index (κ3) is 3.01. The molecule has 0 amide bonds. The fraction of sp³-hybridized carbons (Fsp3) is 0.0909. The molecule has 0 radical (unpaired) electrons. The summed E-state index contributed by atoms with van der Waals surface area (Å²) in [6, 6.07) is 8.87. The summed E-state index contributed by atoms with van der Waals surface area (Å²) in [5.74, 6) is 0.724. The van der Waals surface area contributed by atoms with Crippen LogP contribution in [0.25, 0.3) is 0 Å². The summed E-state index contributed by atoms with van der Waals surface area (Å²) in [6.45, 7) is 0. The van der Waals surface area contributed by atoms with Crippen LogP contribution in [-0.4, -0.2) is 7.11 Å². The molecule has 1 rings (SSSR count). The number of benzene rings is 1. The van der Waals surface area contributed by atoms with Gasteiger partial charge in [0.15, 0.2) is 0 Å². The third-order valence-electron chi connectivity index (χ3n) is 1.79. The average molecular weight is 278 g/mol. The van der Waals surface area contributed by atoms with Crippen LogP contribution in [0.3, 0.4) is 0 Å². The van der Waals surface area contributed by atoms with Gasteiger partial charge in [-0.2, -0.15) is 10.5 Å². The lowest BCUT2D eigenvalue weighted by atomic mass is 10.3. The van der Waals surface area contributed by atoms with Gasteiger partial charge in [-0.1, -0.05) is 0 Å². The largest absolute Gasteiger partial charge is 0.497 e. The molecule has 0 aliphatic carbocycles. The molecule has 0 unspecified atom stereocenters. The number of hydrogen-bond acceptors (Lipinski definition) is 4. The zero-order chi connectivity index (χ0) is 12.0. The van der Waals surface area contributed by atoms with Crippen molar-refractivity contribution in [3.05, 3.63) is 34.4 Å². The first-order valence-corrected chi connectivity index (χ1v) is 5.11. The van der Waals surface area contributed by atoms with Crippen LogP contribution >= 0.6 is 15.9 Å². The number of nitrogens with one attached hydrogen (secondary N) is 1. The van der Waals surface area contributed by atoms with E-state index in [0.717, 1.165) is 15.9 Å². The van der Waals surface area contributed by atoms with E-state index < -0.39 is 0 Å². The molecule has 0 spiro atoms. The van der Waals surface area contributed by atoms with E-state index in [4.69, 9.17) is 15.3 Å². The molecule has 1 aromatic carbocycles. The lowest BCUT2D eigenvalue weighted by Crippen LogP contribution is -1.92. The standard InChI is InChI=1S/C11H8BrN3O/c1-16-9-2-3-11(10(12)4-9)15-7-8(5-13)6-14/h2-4,7,15H,1H3. The van der Waals surface area contributed by atoms with Crippen LogP contribution in [0.5, 0.6) is 5.75 Å². The van der Waals surface area contributed by atoms with E-state index in [-0.39, 0.29) is 5.57 Å². The Bertz CT molecular complexity index is 481. The Labute approximate surface area is 102 Å². The molecule has 0 heterocycles. The second-order valence-corrected chi connectivity index (χ2v) is 3.63. The molecule has 0 aliphatic rings. The summed E-state index contributed by atoms with van der Waals surface area (Å²) in [4.78, 5) is 0. The van der Waals surface area contributed by atoms with E-state index in [1.54, 1.807) is 37.4 Å². The fourth-order valence-corrected chi connectivity index (χ4v) is 1.45. The summed E-state index contributed by atoms with van der Waals surface area (Å²) >= 11 is 3.34. The van der Waals surface area contributed by atoms with Gasteiger partial charge in [-0.05, 0) is 34.1 Å². The first-order chi connectivity index (χ1) is 7.71. The van der Waals surface area contributed by atoms with Crippen molar-refractivity contribution in [1.82, 2.24) is 0 Å². The smallest absolute Gasteiger partial charge is 0.145 e. The van der Waals surface area contributed by atoms with Crippen molar-refractivity contribution in [1.29, 1.82) is 10.5 Å². The zero-order valence-electron chi connectivity index (χ0n) is 8.49. The Morgan fingerprint density at radius 3 is 2.62 bits per heavy atom. The van der Waals surface area contributed by atoms with Gasteiger partial charge >= 0.3 is 0 Å². The van der Waals surface area contributed by atoms with E-state index in [1.807, 2.05) is 0 Å². The van der Waals surface area contributed by atoms with Crippen LogP contribution in [0.2, 0.25) is 0 Å². The van der Waals surface area contributed by atoms with Crippen molar-refractivity contribution in [2.24, 2.45) is 0 Å². The summed E-state index contributed by atoms with van der Waals surface area (Å²) in [6.07, 6.45) is 1.35. The average Bonchev–Trinajstić information content (AvgIpc) is 2.32. The fourth-order valence-electron chi connectivity index (χ4n) is 0.979. The quantitative estimate of drug-likeness (QED) is 0.863. The Hall–Kier alpha value is -1.98.